The number of pyridine rings is 2. The van der Waals surface area contributed by atoms with E-state index in [-0.39, 0.29) is 5.91 Å². The van der Waals surface area contributed by atoms with Gasteiger partial charge in [-0.05, 0) is 81.5 Å². The van der Waals surface area contributed by atoms with Gasteiger partial charge in [0.15, 0.2) is 5.69 Å². The Morgan fingerprint density at radius 1 is 0.949 bits per heavy atom. The molecule has 1 aromatic carbocycles. The average molecular weight is 527 g/mol. The molecule has 1 aliphatic heterocycles. The van der Waals surface area contributed by atoms with Crippen LogP contribution in [0.5, 0.6) is 0 Å². The minimum atomic E-state index is -0.276. The van der Waals surface area contributed by atoms with E-state index in [0.29, 0.717) is 11.4 Å². The van der Waals surface area contributed by atoms with Crippen LogP contribution in [0.1, 0.15) is 41.7 Å². The number of aromatic nitrogens is 4. The van der Waals surface area contributed by atoms with Crippen molar-refractivity contribution in [3.8, 4) is 11.1 Å². The molecule has 1 saturated heterocycles. The molecule has 4 aromatic rings. The topological polar surface area (TPSA) is 93.3 Å². The lowest BCUT2D eigenvalue weighted by Crippen LogP contribution is -2.28. The monoisotopic (exact) mass is 526 g/mol. The third-order valence-corrected chi connectivity index (χ3v) is 7.29. The predicted octanol–water partition coefficient (Wildman–Crippen LogP) is 4.65. The van der Waals surface area contributed by atoms with Crippen LogP contribution in [0.3, 0.4) is 0 Å². The van der Waals surface area contributed by atoms with Gasteiger partial charge in [0.25, 0.3) is 5.91 Å². The van der Waals surface area contributed by atoms with Gasteiger partial charge in [0.2, 0.25) is 0 Å². The molecular weight excluding hydrogens is 488 g/mol. The molecule has 3 aromatic heterocycles. The van der Waals surface area contributed by atoms with Gasteiger partial charge in [-0.25, -0.2) is 4.98 Å². The number of hydrogen-bond acceptors (Lipinski definition) is 7. The quantitative estimate of drug-likeness (QED) is 0.328. The standard InChI is InChI=1S/C30H38N8O/c1-36(2)14-15-37(3)28-11-9-25(20-32-28)33-30(39)29-26-17-23(8-10-27(26)34-35-29)24-16-22(18-31-19-24)21-38-12-6-4-5-7-13-38/h8-11,16-20H,4-7,12-15,21H2,1-3H3,(H,33,39)(H,34,35). The van der Waals surface area contributed by atoms with E-state index >= 15 is 0 Å². The number of carbonyl (C=O) groups excluding carboxylic acids is 1. The van der Waals surface area contributed by atoms with Crippen LogP contribution in [0.25, 0.3) is 22.0 Å². The zero-order chi connectivity index (χ0) is 27.2. The SMILES string of the molecule is CN(C)CCN(C)c1ccc(NC(=O)c2n[nH]c3ccc(-c4cncc(CN5CCCCCC5)c4)cc23)cn1. The van der Waals surface area contributed by atoms with Gasteiger partial charge in [0, 0.05) is 50.0 Å². The molecule has 2 N–H and O–H groups in total. The van der Waals surface area contributed by atoms with Gasteiger partial charge < -0.3 is 15.1 Å². The molecule has 0 atom stereocenters. The number of benzene rings is 1. The number of amides is 1. The Bertz CT molecular complexity index is 1390. The highest BCUT2D eigenvalue weighted by Gasteiger charge is 2.16. The van der Waals surface area contributed by atoms with Gasteiger partial charge in [0.05, 0.1) is 17.4 Å². The highest BCUT2D eigenvalue weighted by molar-refractivity contribution is 6.11. The van der Waals surface area contributed by atoms with Gasteiger partial charge in [-0.2, -0.15) is 5.10 Å². The summed E-state index contributed by atoms with van der Waals surface area (Å²) in [6, 6.07) is 12.0. The summed E-state index contributed by atoms with van der Waals surface area (Å²) in [4.78, 5) is 29.0. The smallest absolute Gasteiger partial charge is 0.276 e. The maximum absolute atomic E-state index is 13.2. The number of aromatic amines is 1. The number of nitrogens with zero attached hydrogens (tertiary/aromatic N) is 6. The van der Waals surface area contributed by atoms with Crippen LogP contribution in [0, 0.1) is 0 Å². The summed E-state index contributed by atoms with van der Waals surface area (Å²) in [5, 5.41) is 11.0. The number of H-pyrrole nitrogens is 1. The van der Waals surface area contributed by atoms with Crippen LogP contribution >= 0.6 is 0 Å². The molecule has 1 fully saturated rings. The summed E-state index contributed by atoms with van der Waals surface area (Å²) < 4.78 is 0. The normalized spacial score (nSPS) is 14.5. The number of hydrogen-bond donors (Lipinski definition) is 2. The minimum absolute atomic E-state index is 0.276. The van der Waals surface area contributed by atoms with Crippen LogP contribution in [0.2, 0.25) is 0 Å². The van der Waals surface area contributed by atoms with Gasteiger partial charge >= 0.3 is 0 Å². The number of rotatable bonds is 9. The number of carbonyl (C=O) groups is 1. The molecule has 9 heteroatoms. The Hall–Kier alpha value is -3.82. The molecule has 0 unspecified atom stereocenters. The van der Waals surface area contributed by atoms with E-state index in [0.717, 1.165) is 60.6 Å². The predicted molar refractivity (Wildman–Crippen MR) is 157 cm³/mol. The van der Waals surface area contributed by atoms with Crippen LogP contribution < -0.4 is 10.2 Å². The first-order valence-electron chi connectivity index (χ1n) is 13.7. The molecule has 0 saturated carbocycles. The van der Waals surface area contributed by atoms with E-state index in [1.807, 2.05) is 63.9 Å². The number of likely N-dealkylation sites (N-methyl/N-ethyl adjacent to an activating group) is 2. The van der Waals surface area contributed by atoms with Crippen molar-refractivity contribution in [1.82, 2.24) is 30.0 Å². The lowest BCUT2D eigenvalue weighted by Gasteiger charge is -2.20. The largest absolute Gasteiger partial charge is 0.358 e. The third-order valence-electron chi connectivity index (χ3n) is 7.29. The van der Waals surface area contributed by atoms with Gasteiger partial charge in [0.1, 0.15) is 5.82 Å². The molecular formula is C30H38N8O. The van der Waals surface area contributed by atoms with Crippen molar-refractivity contribution in [3.05, 3.63) is 66.2 Å². The van der Waals surface area contributed by atoms with E-state index in [9.17, 15) is 4.79 Å². The maximum atomic E-state index is 13.2. The Morgan fingerprint density at radius 3 is 2.51 bits per heavy atom. The van der Waals surface area contributed by atoms with Crippen molar-refractivity contribution in [1.29, 1.82) is 0 Å². The van der Waals surface area contributed by atoms with Crippen molar-refractivity contribution < 1.29 is 4.79 Å². The molecule has 204 valence electrons. The van der Waals surface area contributed by atoms with E-state index in [4.69, 9.17) is 0 Å². The van der Waals surface area contributed by atoms with E-state index in [1.165, 1.54) is 31.2 Å². The first-order valence-corrected chi connectivity index (χ1v) is 13.7. The Morgan fingerprint density at radius 2 is 1.77 bits per heavy atom. The fourth-order valence-corrected chi connectivity index (χ4v) is 4.99. The number of nitrogens with one attached hydrogen (secondary N) is 2. The third kappa shape index (κ3) is 6.79. The molecule has 4 heterocycles. The molecule has 0 spiro atoms. The summed E-state index contributed by atoms with van der Waals surface area (Å²) in [5.74, 6) is 0.582. The van der Waals surface area contributed by atoms with Crippen LogP contribution in [0.15, 0.2) is 55.0 Å². The summed E-state index contributed by atoms with van der Waals surface area (Å²) in [7, 11) is 6.11. The molecule has 1 amide bonds. The second-order valence-corrected chi connectivity index (χ2v) is 10.7. The first-order chi connectivity index (χ1) is 19.0. The van der Waals surface area contributed by atoms with E-state index < -0.39 is 0 Å². The van der Waals surface area contributed by atoms with Crippen LogP contribution in [-0.4, -0.2) is 83.2 Å². The minimum Gasteiger partial charge on any atom is -0.358 e. The second-order valence-electron chi connectivity index (χ2n) is 10.7. The van der Waals surface area contributed by atoms with Crippen molar-refractivity contribution in [2.45, 2.75) is 32.2 Å². The van der Waals surface area contributed by atoms with Crippen LogP contribution in [0.4, 0.5) is 11.5 Å². The maximum Gasteiger partial charge on any atom is 0.276 e. The lowest BCUT2D eigenvalue weighted by atomic mass is 10.0. The molecule has 5 rings (SSSR count). The van der Waals surface area contributed by atoms with E-state index in [2.05, 4.69) is 46.2 Å². The summed E-state index contributed by atoms with van der Waals surface area (Å²) in [5.41, 5.74) is 5.05. The van der Waals surface area contributed by atoms with Crippen molar-refractivity contribution in [3.63, 3.8) is 0 Å². The molecule has 1 aliphatic rings. The van der Waals surface area contributed by atoms with Gasteiger partial charge in [-0.15, -0.1) is 0 Å². The fourth-order valence-electron chi connectivity index (χ4n) is 4.99. The first kappa shape index (κ1) is 26.8. The van der Waals surface area contributed by atoms with Crippen LogP contribution in [-0.2, 0) is 6.54 Å². The Balaban J connectivity index is 1.30. The summed E-state index contributed by atoms with van der Waals surface area (Å²) in [6.07, 6.45) is 10.7. The van der Waals surface area contributed by atoms with Crippen molar-refractivity contribution in [2.75, 3.05) is 57.5 Å². The van der Waals surface area contributed by atoms with Gasteiger partial charge in [-0.3, -0.25) is 19.8 Å². The number of likely N-dealkylation sites (tertiary alicyclic amines) is 1. The highest BCUT2D eigenvalue weighted by Crippen LogP contribution is 2.27. The van der Waals surface area contributed by atoms with Crippen molar-refractivity contribution >= 4 is 28.3 Å². The lowest BCUT2D eigenvalue weighted by molar-refractivity contribution is 0.102. The molecule has 0 bridgehead atoms. The Kier molecular flexibility index (Phi) is 8.48. The highest BCUT2D eigenvalue weighted by atomic mass is 16.1. The van der Waals surface area contributed by atoms with E-state index in [1.54, 1.807) is 6.20 Å². The average Bonchev–Trinajstić information content (AvgIpc) is 3.20. The molecule has 0 radical (unpaired) electrons. The number of fused-ring (bicyclic) bond motifs is 1. The summed E-state index contributed by atoms with van der Waals surface area (Å²) >= 11 is 0. The molecule has 9 nitrogen and oxygen atoms in total. The fraction of sp³-hybridized carbons (Fsp3) is 0.400. The van der Waals surface area contributed by atoms with Gasteiger partial charge in [-0.1, -0.05) is 18.9 Å². The zero-order valence-electron chi connectivity index (χ0n) is 23.2. The second kappa shape index (κ2) is 12.4. The van der Waals surface area contributed by atoms with Crippen molar-refractivity contribution in [2.24, 2.45) is 0 Å². The zero-order valence-corrected chi connectivity index (χ0v) is 23.2. The molecule has 0 aliphatic carbocycles. The Labute approximate surface area is 230 Å². The summed E-state index contributed by atoms with van der Waals surface area (Å²) in [6.45, 7) is 5.01. The number of anilines is 2. The molecule has 39 heavy (non-hydrogen) atoms.